The van der Waals surface area contributed by atoms with Gasteiger partial charge in [-0.3, -0.25) is 4.90 Å². The highest BCUT2D eigenvalue weighted by Crippen LogP contribution is 2.26. The first-order chi connectivity index (χ1) is 12.6. The van der Waals surface area contributed by atoms with E-state index in [1.54, 1.807) is 6.20 Å². The van der Waals surface area contributed by atoms with Gasteiger partial charge in [0.05, 0.1) is 11.3 Å². The maximum Gasteiger partial charge on any atom is 0.0912 e. The van der Waals surface area contributed by atoms with Gasteiger partial charge in [-0.1, -0.05) is 12.5 Å². The van der Waals surface area contributed by atoms with E-state index in [0.717, 1.165) is 51.4 Å². The number of aliphatic hydroxyl groups is 1. The van der Waals surface area contributed by atoms with Crippen LogP contribution in [-0.4, -0.2) is 63.0 Å². The van der Waals surface area contributed by atoms with Gasteiger partial charge in [-0.05, 0) is 68.6 Å². The molecule has 4 rings (SSSR count). The summed E-state index contributed by atoms with van der Waals surface area (Å²) in [5, 5.41) is 15.3. The molecule has 2 aliphatic heterocycles. The Bertz CT molecular complexity index is 724. The SMILES string of the molecule is Cc1cc(-n2cccn2)ccc1CN1CC[C@@](O)(CN2CCCCC2)C1. The van der Waals surface area contributed by atoms with Crippen LogP contribution < -0.4 is 0 Å². The molecule has 1 aromatic carbocycles. The molecule has 26 heavy (non-hydrogen) atoms. The highest BCUT2D eigenvalue weighted by atomic mass is 16.3. The van der Waals surface area contributed by atoms with Crippen LogP contribution in [0.4, 0.5) is 0 Å². The molecule has 0 amide bonds. The highest BCUT2D eigenvalue weighted by molar-refractivity contribution is 5.39. The van der Waals surface area contributed by atoms with Gasteiger partial charge in [0.1, 0.15) is 0 Å². The first kappa shape index (κ1) is 17.7. The molecule has 0 saturated carbocycles. The van der Waals surface area contributed by atoms with Crippen LogP contribution in [0.1, 0.15) is 36.8 Å². The lowest BCUT2D eigenvalue weighted by Gasteiger charge is -2.33. The Kier molecular flexibility index (Phi) is 5.11. The Labute approximate surface area is 156 Å². The zero-order valence-electron chi connectivity index (χ0n) is 15.8. The molecule has 0 aliphatic carbocycles. The molecular formula is C21H30N4O. The summed E-state index contributed by atoms with van der Waals surface area (Å²) >= 11 is 0. The molecule has 2 aliphatic rings. The van der Waals surface area contributed by atoms with Gasteiger partial charge in [-0.2, -0.15) is 5.10 Å². The Balaban J connectivity index is 1.37. The second-order valence-corrected chi connectivity index (χ2v) is 8.08. The highest BCUT2D eigenvalue weighted by Gasteiger charge is 2.37. The quantitative estimate of drug-likeness (QED) is 0.896. The number of hydrogen-bond donors (Lipinski definition) is 1. The number of nitrogens with zero attached hydrogens (tertiary/aromatic N) is 4. The fourth-order valence-electron chi connectivity index (χ4n) is 4.40. The second-order valence-electron chi connectivity index (χ2n) is 8.08. The molecule has 2 fully saturated rings. The Hall–Kier alpha value is -1.69. The number of piperidine rings is 1. The molecule has 5 nitrogen and oxygen atoms in total. The van der Waals surface area contributed by atoms with Gasteiger partial charge in [-0.15, -0.1) is 0 Å². The largest absolute Gasteiger partial charge is 0.387 e. The predicted molar refractivity (Wildman–Crippen MR) is 103 cm³/mol. The van der Waals surface area contributed by atoms with Gasteiger partial charge in [0.2, 0.25) is 0 Å². The van der Waals surface area contributed by atoms with Crippen molar-refractivity contribution in [3.05, 3.63) is 47.8 Å². The van der Waals surface area contributed by atoms with E-state index in [1.807, 2.05) is 16.9 Å². The summed E-state index contributed by atoms with van der Waals surface area (Å²) in [6, 6.07) is 8.47. The Morgan fingerprint density at radius 3 is 2.69 bits per heavy atom. The molecule has 1 N–H and O–H groups in total. The van der Waals surface area contributed by atoms with Crippen LogP contribution in [0.25, 0.3) is 5.69 Å². The zero-order valence-corrected chi connectivity index (χ0v) is 15.8. The topological polar surface area (TPSA) is 44.5 Å². The summed E-state index contributed by atoms with van der Waals surface area (Å²) in [6.45, 7) is 7.97. The molecule has 1 atom stereocenters. The van der Waals surface area contributed by atoms with Crippen LogP contribution in [0.5, 0.6) is 0 Å². The minimum absolute atomic E-state index is 0.541. The molecule has 140 valence electrons. The van der Waals surface area contributed by atoms with E-state index in [2.05, 4.69) is 40.0 Å². The summed E-state index contributed by atoms with van der Waals surface area (Å²) < 4.78 is 1.89. The summed E-state index contributed by atoms with van der Waals surface area (Å²) in [4.78, 5) is 4.86. The molecule has 2 aromatic rings. The first-order valence-corrected chi connectivity index (χ1v) is 9.88. The molecular weight excluding hydrogens is 324 g/mol. The molecule has 2 saturated heterocycles. The van der Waals surface area contributed by atoms with Crippen LogP contribution in [0.15, 0.2) is 36.7 Å². The zero-order chi connectivity index (χ0) is 18.0. The molecule has 0 radical (unpaired) electrons. The Morgan fingerprint density at radius 2 is 1.96 bits per heavy atom. The van der Waals surface area contributed by atoms with Crippen LogP contribution >= 0.6 is 0 Å². The lowest BCUT2D eigenvalue weighted by Crippen LogP contribution is -2.46. The number of rotatable bonds is 5. The van der Waals surface area contributed by atoms with Gasteiger partial charge in [0, 0.05) is 38.6 Å². The fraction of sp³-hybridized carbons (Fsp3) is 0.571. The van der Waals surface area contributed by atoms with Gasteiger partial charge >= 0.3 is 0 Å². The van der Waals surface area contributed by atoms with Crippen molar-refractivity contribution >= 4 is 0 Å². The van der Waals surface area contributed by atoms with Crippen molar-refractivity contribution in [1.82, 2.24) is 19.6 Å². The normalized spacial score (nSPS) is 25.0. The van der Waals surface area contributed by atoms with Crippen LogP contribution in [0.2, 0.25) is 0 Å². The van der Waals surface area contributed by atoms with Crippen LogP contribution in [-0.2, 0) is 6.54 Å². The van der Waals surface area contributed by atoms with Gasteiger partial charge in [0.15, 0.2) is 0 Å². The third-order valence-electron chi connectivity index (χ3n) is 5.87. The lowest BCUT2D eigenvalue weighted by atomic mass is 10.0. The van der Waals surface area contributed by atoms with E-state index in [4.69, 9.17) is 0 Å². The van der Waals surface area contributed by atoms with E-state index in [9.17, 15) is 5.11 Å². The number of aryl methyl sites for hydroxylation is 1. The summed E-state index contributed by atoms with van der Waals surface area (Å²) in [5.41, 5.74) is 3.17. The van der Waals surface area contributed by atoms with E-state index < -0.39 is 5.60 Å². The summed E-state index contributed by atoms with van der Waals surface area (Å²) in [7, 11) is 0. The van der Waals surface area contributed by atoms with Crippen molar-refractivity contribution in [3.63, 3.8) is 0 Å². The molecule has 1 aromatic heterocycles. The maximum absolute atomic E-state index is 11.0. The minimum Gasteiger partial charge on any atom is -0.387 e. The molecule has 0 spiro atoms. The van der Waals surface area contributed by atoms with Crippen LogP contribution in [0.3, 0.4) is 0 Å². The molecule has 5 heteroatoms. The average Bonchev–Trinajstić information content (AvgIpc) is 3.28. The van der Waals surface area contributed by atoms with Gasteiger partial charge in [-0.25, -0.2) is 4.68 Å². The number of benzene rings is 1. The monoisotopic (exact) mass is 354 g/mol. The van der Waals surface area contributed by atoms with Crippen molar-refractivity contribution in [2.75, 3.05) is 32.7 Å². The average molecular weight is 354 g/mol. The summed E-state index contributed by atoms with van der Waals surface area (Å²) in [6.07, 6.45) is 8.55. The van der Waals surface area contributed by atoms with Crippen molar-refractivity contribution in [2.45, 2.75) is 44.8 Å². The standard InChI is InChI=1S/C21H30N4O/c1-18-14-20(25-12-5-9-22-25)7-6-19(18)15-24-13-8-21(26,17-24)16-23-10-3-2-4-11-23/h5-7,9,12,14,26H,2-4,8,10-11,13,15-17H2,1H3/t21-/m1/s1. The third kappa shape index (κ3) is 4.00. The van der Waals surface area contributed by atoms with Crippen molar-refractivity contribution in [2.24, 2.45) is 0 Å². The number of β-amino-alcohol motifs (C(OH)–C–C–N with tert-alkyl or cyclic N) is 1. The van der Waals surface area contributed by atoms with E-state index >= 15 is 0 Å². The molecule has 0 bridgehead atoms. The van der Waals surface area contributed by atoms with E-state index in [-0.39, 0.29) is 0 Å². The molecule has 0 unspecified atom stereocenters. The van der Waals surface area contributed by atoms with Crippen molar-refractivity contribution in [3.8, 4) is 5.69 Å². The molecule has 3 heterocycles. The van der Waals surface area contributed by atoms with Crippen molar-refractivity contribution < 1.29 is 5.11 Å². The van der Waals surface area contributed by atoms with E-state index in [0.29, 0.717) is 0 Å². The van der Waals surface area contributed by atoms with Gasteiger partial charge in [0.25, 0.3) is 0 Å². The van der Waals surface area contributed by atoms with E-state index in [1.165, 1.54) is 30.4 Å². The number of hydrogen-bond acceptors (Lipinski definition) is 4. The van der Waals surface area contributed by atoms with Crippen molar-refractivity contribution in [1.29, 1.82) is 0 Å². The summed E-state index contributed by atoms with van der Waals surface area (Å²) in [5.74, 6) is 0. The van der Waals surface area contributed by atoms with Gasteiger partial charge < -0.3 is 10.0 Å². The number of likely N-dealkylation sites (tertiary alicyclic amines) is 2. The second kappa shape index (κ2) is 7.51. The fourth-order valence-corrected chi connectivity index (χ4v) is 4.40. The first-order valence-electron chi connectivity index (χ1n) is 9.88. The Morgan fingerprint density at radius 1 is 1.12 bits per heavy atom. The van der Waals surface area contributed by atoms with Crippen LogP contribution in [0, 0.1) is 6.92 Å². The number of aromatic nitrogens is 2. The minimum atomic E-state index is -0.541. The smallest absolute Gasteiger partial charge is 0.0912 e. The predicted octanol–water partition coefficient (Wildman–Crippen LogP) is 2.60. The maximum atomic E-state index is 11.0. The third-order valence-corrected chi connectivity index (χ3v) is 5.87. The lowest BCUT2D eigenvalue weighted by molar-refractivity contribution is 0.00633.